The molecule has 4 aliphatic rings. The summed E-state index contributed by atoms with van der Waals surface area (Å²) < 4.78 is 2.57. The summed E-state index contributed by atoms with van der Waals surface area (Å²) in [6, 6.07) is 9.96. The van der Waals surface area contributed by atoms with Gasteiger partial charge >= 0.3 is 0 Å². The Balaban J connectivity index is 1.17. The third-order valence-electron chi connectivity index (χ3n) is 9.93. The van der Waals surface area contributed by atoms with Crippen LogP contribution in [0, 0.1) is 46.5 Å². The first-order valence-electron chi connectivity index (χ1n) is 16.2. The number of nitrogens with zero attached hydrogens (tertiary/aromatic N) is 7. The first-order chi connectivity index (χ1) is 24.8. The van der Waals surface area contributed by atoms with E-state index in [9.17, 15) is 25.4 Å². The molecular formula is C37H25N7O2S6. The molecule has 9 nitrogen and oxygen atoms in total. The van der Waals surface area contributed by atoms with Crippen molar-refractivity contribution in [1.82, 2.24) is 4.90 Å². The standard InChI is InChI=1S/C37H25N7O2S6/c1-8-16-24(45)32(51-25(16)15(12-38)13-39)42-20-10-17-26(47-20)28-22(36(17,3)4)30-31(49-28)23-29(50-30)27-18(37(23,5)6)11-21(48-27)43-33-34(46)44(9-2)35(52-33)19(14-40)41-7/h10-11,16H,8-9H2,1-6H3/b35-19-,42-32?,43-33?. The normalized spacial score (nSPS) is 21.6. The Hall–Kier alpha value is -4.32. The SMILES string of the molecule is [C-]#[N+]/C(C#N)=C1\SC(=Nc2cc3c(s2)-c2sc4c5c(sc4c2C3(C)C)-c2sc(N=C3SC(=C(C#N)C#N)C(CC)C3=O)cc2C5(C)C)C(=O)N1CC. The zero-order valence-corrected chi connectivity index (χ0v) is 33.4. The number of ketones is 1. The summed E-state index contributed by atoms with van der Waals surface area (Å²) in [6.07, 6.45) is 0.502. The first-order valence-corrected chi connectivity index (χ1v) is 21.1. The van der Waals surface area contributed by atoms with Gasteiger partial charge in [-0.05, 0) is 47.7 Å². The predicted molar refractivity (Wildman–Crippen MR) is 214 cm³/mol. The Morgan fingerprint density at radius 1 is 0.827 bits per heavy atom. The van der Waals surface area contributed by atoms with Crippen molar-refractivity contribution >= 4 is 110 Å². The summed E-state index contributed by atoms with van der Waals surface area (Å²) in [6.45, 7) is 20.4. The van der Waals surface area contributed by atoms with E-state index in [4.69, 9.17) is 16.6 Å². The molecule has 15 heteroatoms. The summed E-state index contributed by atoms with van der Waals surface area (Å²) >= 11 is 9.03. The summed E-state index contributed by atoms with van der Waals surface area (Å²) in [5.74, 6) is -0.944. The molecule has 0 saturated carbocycles. The van der Waals surface area contributed by atoms with Crippen molar-refractivity contribution in [3.05, 3.63) is 67.0 Å². The molecule has 256 valence electrons. The lowest BCUT2D eigenvalue weighted by Gasteiger charge is -2.20. The highest BCUT2D eigenvalue weighted by atomic mass is 32.2. The van der Waals surface area contributed by atoms with E-state index in [1.165, 1.54) is 51.2 Å². The van der Waals surface area contributed by atoms with Gasteiger partial charge in [-0.15, -0.1) is 45.3 Å². The fraction of sp³-hybridized carbons (Fsp3) is 0.297. The fourth-order valence-corrected chi connectivity index (χ4v) is 15.9. The van der Waals surface area contributed by atoms with Gasteiger partial charge in [-0.3, -0.25) is 9.59 Å². The molecule has 2 aliphatic carbocycles. The topological polar surface area (TPSA) is 138 Å². The maximum absolute atomic E-state index is 13.3. The van der Waals surface area contributed by atoms with Gasteiger partial charge < -0.3 is 4.90 Å². The van der Waals surface area contributed by atoms with Crippen molar-refractivity contribution in [3.8, 4) is 37.7 Å². The Bertz CT molecular complexity index is 2450. The van der Waals surface area contributed by atoms with E-state index in [1.807, 2.05) is 54.7 Å². The number of fused-ring (bicyclic) bond motifs is 9. The van der Waals surface area contributed by atoms with E-state index in [1.54, 1.807) is 22.7 Å². The maximum Gasteiger partial charge on any atom is 0.291 e. The molecule has 52 heavy (non-hydrogen) atoms. The quantitative estimate of drug-likeness (QED) is 0.148. The van der Waals surface area contributed by atoms with Gasteiger partial charge in [-0.2, -0.15) is 10.5 Å². The molecule has 1 unspecified atom stereocenters. The van der Waals surface area contributed by atoms with Gasteiger partial charge in [0.15, 0.2) is 10.8 Å². The van der Waals surface area contributed by atoms with Gasteiger partial charge in [0.1, 0.15) is 37.8 Å². The molecule has 0 spiro atoms. The minimum Gasteiger partial charge on any atom is -0.309 e. The van der Waals surface area contributed by atoms with Crippen LogP contribution in [0.3, 0.4) is 0 Å². The first kappa shape index (κ1) is 34.7. The molecule has 6 heterocycles. The van der Waals surface area contributed by atoms with Crippen LogP contribution in [0.5, 0.6) is 0 Å². The van der Waals surface area contributed by atoms with Gasteiger partial charge in [-0.1, -0.05) is 58.1 Å². The lowest BCUT2D eigenvalue weighted by Crippen LogP contribution is -2.26. The number of hydrogen-bond acceptors (Lipinski definition) is 13. The molecule has 0 aromatic carbocycles. The average molecular weight is 792 g/mol. The van der Waals surface area contributed by atoms with E-state index in [0.717, 1.165) is 38.4 Å². The van der Waals surface area contributed by atoms with Crippen LogP contribution in [0.15, 0.2) is 43.3 Å². The molecule has 4 aromatic heterocycles. The van der Waals surface area contributed by atoms with Crippen molar-refractivity contribution in [2.24, 2.45) is 15.9 Å². The van der Waals surface area contributed by atoms with Gasteiger partial charge in [0, 0.05) is 22.3 Å². The highest BCUT2D eigenvalue weighted by Gasteiger charge is 2.47. The monoisotopic (exact) mass is 791 g/mol. The molecule has 2 aliphatic heterocycles. The smallest absolute Gasteiger partial charge is 0.291 e. The van der Waals surface area contributed by atoms with Crippen LogP contribution in [-0.4, -0.2) is 33.2 Å². The fourth-order valence-electron chi connectivity index (χ4n) is 7.35. The zero-order valence-electron chi connectivity index (χ0n) is 28.5. The molecule has 2 fully saturated rings. The summed E-state index contributed by atoms with van der Waals surface area (Å²) in [4.78, 5) is 46.1. The van der Waals surface area contributed by atoms with Crippen LogP contribution in [0.4, 0.5) is 10.0 Å². The maximum atomic E-state index is 13.3. The lowest BCUT2D eigenvalue weighted by molar-refractivity contribution is -0.121. The van der Waals surface area contributed by atoms with Crippen LogP contribution in [0.2, 0.25) is 0 Å². The number of amides is 1. The van der Waals surface area contributed by atoms with Crippen molar-refractivity contribution in [2.75, 3.05) is 6.54 Å². The van der Waals surface area contributed by atoms with Gasteiger partial charge in [0.05, 0.1) is 47.5 Å². The van der Waals surface area contributed by atoms with Crippen molar-refractivity contribution in [2.45, 2.75) is 58.8 Å². The van der Waals surface area contributed by atoms with E-state index < -0.39 is 5.92 Å². The second-order valence-corrected chi connectivity index (χ2v) is 19.5. The van der Waals surface area contributed by atoms with E-state index in [0.29, 0.717) is 27.9 Å². The number of carbonyl (C=O) groups is 2. The molecule has 0 N–H and O–H groups in total. The van der Waals surface area contributed by atoms with Crippen LogP contribution in [-0.2, 0) is 20.4 Å². The van der Waals surface area contributed by atoms with E-state index >= 15 is 0 Å². The van der Waals surface area contributed by atoms with Crippen molar-refractivity contribution < 1.29 is 9.59 Å². The molecule has 0 radical (unpaired) electrons. The average Bonchev–Trinajstić information content (AvgIpc) is 3.97. The zero-order chi connectivity index (χ0) is 37.0. The van der Waals surface area contributed by atoms with Gasteiger partial charge in [0.2, 0.25) is 0 Å². The number of thiophene rings is 4. The minimum absolute atomic E-state index is 0.0203. The van der Waals surface area contributed by atoms with E-state index in [-0.39, 0.29) is 38.8 Å². The van der Waals surface area contributed by atoms with Crippen LogP contribution in [0.25, 0.3) is 33.8 Å². The highest BCUT2D eigenvalue weighted by molar-refractivity contribution is 8.20. The number of allylic oxidation sites excluding steroid dienone is 3. The van der Waals surface area contributed by atoms with Gasteiger partial charge in [-0.25, -0.2) is 20.1 Å². The van der Waals surface area contributed by atoms with E-state index in [2.05, 4.69) is 44.7 Å². The number of Topliss-reactive ketones (excluding diaryl/α,β-unsaturated/α-hetero) is 1. The molecule has 4 aromatic rings. The van der Waals surface area contributed by atoms with Crippen LogP contribution >= 0.6 is 68.9 Å². The number of thioether (sulfide) groups is 2. The molecule has 1 atom stereocenters. The summed E-state index contributed by atoms with van der Waals surface area (Å²) in [7, 11) is 0. The number of hydrogen-bond donors (Lipinski definition) is 0. The third kappa shape index (κ3) is 4.67. The molecule has 0 bridgehead atoms. The Kier molecular flexibility index (Phi) is 8.09. The molecule has 1 amide bonds. The number of aliphatic imine (C=N–C) groups is 2. The largest absolute Gasteiger partial charge is 0.309 e. The molecule has 8 rings (SSSR count). The van der Waals surface area contributed by atoms with Crippen molar-refractivity contribution in [3.63, 3.8) is 0 Å². The predicted octanol–water partition coefficient (Wildman–Crippen LogP) is 10.6. The Morgan fingerprint density at radius 2 is 1.37 bits per heavy atom. The second-order valence-electron chi connectivity index (χ2n) is 13.4. The summed E-state index contributed by atoms with van der Waals surface area (Å²) in [5.41, 5.74) is 4.27. The Labute approximate surface area is 324 Å². The Morgan fingerprint density at radius 3 is 1.83 bits per heavy atom. The summed E-state index contributed by atoms with van der Waals surface area (Å²) in [5, 5.41) is 30.8. The number of nitriles is 3. The van der Waals surface area contributed by atoms with Crippen LogP contribution < -0.4 is 0 Å². The lowest BCUT2D eigenvalue weighted by atomic mass is 9.82. The second kappa shape index (κ2) is 12.1. The molecular weight excluding hydrogens is 767 g/mol. The highest BCUT2D eigenvalue weighted by Crippen LogP contribution is 2.66. The third-order valence-corrected chi connectivity index (χ3v) is 17.1. The molecule has 2 saturated heterocycles. The van der Waals surface area contributed by atoms with Gasteiger partial charge in [0.25, 0.3) is 11.6 Å². The number of rotatable bonds is 4. The van der Waals surface area contributed by atoms with Crippen LogP contribution in [0.1, 0.15) is 70.2 Å². The van der Waals surface area contributed by atoms with Crippen molar-refractivity contribution in [1.29, 1.82) is 15.8 Å². The minimum atomic E-state index is -0.511. The number of carbonyl (C=O) groups excluding carboxylic acids is 2.